The molecule has 0 aromatic carbocycles. The minimum Gasteiger partial charge on any atom is -0.367 e. The summed E-state index contributed by atoms with van der Waals surface area (Å²) in [5, 5.41) is 6.48. The van der Waals surface area contributed by atoms with Gasteiger partial charge in [-0.3, -0.25) is 4.98 Å². The van der Waals surface area contributed by atoms with Crippen LogP contribution in [-0.2, 0) is 0 Å². The number of pyridine rings is 1. The van der Waals surface area contributed by atoms with E-state index < -0.39 is 0 Å². The third-order valence-corrected chi connectivity index (χ3v) is 2.61. The van der Waals surface area contributed by atoms with Crippen LogP contribution in [-0.4, -0.2) is 27.5 Å². The van der Waals surface area contributed by atoms with Gasteiger partial charge in [0.2, 0.25) is 0 Å². The van der Waals surface area contributed by atoms with Crippen molar-refractivity contribution in [1.29, 1.82) is 0 Å². The molecule has 0 spiro atoms. The fraction of sp³-hybridized carbons (Fsp3) is 0.308. The molecule has 0 saturated carbocycles. The third-order valence-electron chi connectivity index (χ3n) is 2.61. The molecule has 2 heterocycles. The summed E-state index contributed by atoms with van der Waals surface area (Å²) in [5.74, 6) is 1.52. The summed E-state index contributed by atoms with van der Waals surface area (Å²) < 4.78 is 0. The molecule has 6 nitrogen and oxygen atoms in total. The lowest BCUT2D eigenvalue weighted by atomic mass is 10.2. The number of nitrogens with zero attached hydrogens (tertiary/aromatic N) is 3. The van der Waals surface area contributed by atoms with Gasteiger partial charge in [-0.2, -0.15) is 0 Å². The standard InChI is InChI=1S/C13H18N6/c1-10(2-5-14)18-12-8-13(17-9-16-12)19-11-3-6-15-7-4-11/h3-4,6-10H,2,5,14H2,1H3,(H2,15,16,17,18,19). The SMILES string of the molecule is CC(CCN)Nc1cc(Nc2ccncc2)ncn1. The number of nitrogens with two attached hydrogens (primary N) is 1. The topological polar surface area (TPSA) is 88.8 Å². The molecular weight excluding hydrogens is 240 g/mol. The second-order valence-electron chi connectivity index (χ2n) is 4.27. The van der Waals surface area contributed by atoms with Crippen molar-refractivity contribution < 1.29 is 0 Å². The predicted octanol–water partition coefficient (Wildman–Crippen LogP) is 1.76. The van der Waals surface area contributed by atoms with Crippen molar-refractivity contribution >= 4 is 17.3 Å². The van der Waals surface area contributed by atoms with E-state index in [1.807, 2.05) is 18.2 Å². The Bertz CT molecular complexity index is 501. The molecule has 0 aliphatic carbocycles. The van der Waals surface area contributed by atoms with Crippen molar-refractivity contribution in [2.24, 2.45) is 5.73 Å². The zero-order chi connectivity index (χ0) is 13.5. The molecule has 2 rings (SSSR count). The van der Waals surface area contributed by atoms with Gasteiger partial charge in [-0.05, 0) is 32.0 Å². The van der Waals surface area contributed by atoms with Gasteiger partial charge in [0.15, 0.2) is 0 Å². The summed E-state index contributed by atoms with van der Waals surface area (Å²) in [5.41, 5.74) is 6.46. The van der Waals surface area contributed by atoms with E-state index >= 15 is 0 Å². The molecule has 0 aliphatic rings. The third kappa shape index (κ3) is 4.18. The van der Waals surface area contributed by atoms with Gasteiger partial charge in [-0.1, -0.05) is 0 Å². The Kier molecular flexibility index (Phi) is 4.63. The molecule has 19 heavy (non-hydrogen) atoms. The minimum atomic E-state index is 0.286. The van der Waals surface area contributed by atoms with E-state index in [9.17, 15) is 0 Å². The zero-order valence-corrected chi connectivity index (χ0v) is 10.9. The molecule has 0 aliphatic heterocycles. The fourth-order valence-corrected chi connectivity index (χ4v) is 1.66. The molecule has 0 radical (unpaired) electrons. The maximum Gasteiger partial charge on any atom is 0.135 e. The van der Waals surface area contributed by atoms with Crippen LogP contribution in [0, 0.1) is 0 Å². The van der Waals surface area contributed by atoms with E-state index in [-0.39, 0.29) is 6.04 Å². The smallest absolute Gasteiger partial charge is 0.135 e. The van der Waals surface area contributed by atoms with Crippen LogP contribution in [0.2, 0.25) is 0 Å². The Hall–Kier alpha value is -2.21. The zero-order valence-electron chi connectivity index (χ0n) is 10.9. The number of hydrogen-bond donors (Lipinski definition) is 3. The van der Waals surface area contributed by atoms with Crippen molar-refractivity contribution in [2.45, 2.75) is 19.4 Å². The number of hydrogen-bond acceptors (Lipinski definition) is 6. The van der Waals surface area contributed by atoms with Crippen LogP contribution in [0.4, 0.5) is 17.3 Å². The van der Waals surface area contributed by atoms with Crippen molar-refractivity contribution in [3.63, 3.8) is 0 Å². The molecule has 6 heteroatoms. The van der Waals surface area contributed by atoms with Crippen LogP contribution in [0.5, 0.6) is 0 Å². The van der Waals surface area contributed by atoms with E-state index in [4.69, 9.17) is 5.73 Å². The fourth-order valence-electron chi connectivity index (χ4n) is 1.66. The van der Waals surface area contributed by atoms with E-state index in [0.29, 0.717) is 6.54 Å². The van der Waals surface area contributed by atoms with Crippen LogP contribution in [0.3, 0.4) is 0 Å². The van der Waals surface area contributed by atoms with Crippen LogP contribution >= 0.6 is 0 Å². The lowest BCUT2D eigenvalue weighted by Crippen LogP contribution is -2.20. The Morgan fingerprint density at radius 2 is 1.95 bits per heavy atom. The number of rotatable bonds is 6. The van der Waals surface area contributed by atoms with Gasteiger partial charge in [0.05, 0.1) is 0 Å². The largest absolute Gasteiger partial charge is 0.367 e. The maximum absolute atomic E-state index is 5.52. The molecule has 0 fully saturated rings. The molecule has 0 saturated heterocycles. The molecule has 0 amide bonds. The van der Waals surface area contributed by atoms with Gasteiger partial charge in [0, 0.05) is 30.2 Å². The molecule has 0 bridgehead atoms. The molecule has 1 atom stereocenters. The first-order valence-electron chi connectivity index (χ1n) is 6.23. The lowest BCUT2D eigenvalue weighted by molar-refractivity contribution is 0.713. The van der Waals surface area contributed by atoms with E-state index in [1.165, 1.54) is 6.33 Å². The Morgan fingerprint density at radius 3 is 2.68 bits per heavy atom. The first-order valence-corrected chi connectivity index (χ1v) is 6.23. The first kappa shape index (κ1) is 13.2. The second-order valence-corrected chi connectivity index (χ2v) is 4.27. The van der Waals surface area contributed by atoms with Crippen LogP contribution in [0.1, 0.15) is 13.3 Å². The highest BCUT2D eigenvalue weighted by atomic mass is 15.1. The average Bonchev–Trinajstić information content (AvgIpc) is 2.40. The molecule has 2 aromatic rings. The number of anilines is 3. The van der Waals surface area contributed by atoms with Crippen molar-refractivity contribution in [3.8, 4) is 0 Å². The maximum atomic E-state index is 5.52. The van der Waals surface area contributed by atoms with E-state index in [2.05, 4.69) is 32.5 Å². The predicted molar refractivity (Wildman–Crippen MR) is 76.3 cm³/mol. The molecule has 100 valence electrons. The van der Waals surface area contributed by atoms with Crippen molar-refractivity contribution in [3.05, 3.63) is 36.9 Å². The van der Waals surface area contributed by atoms with Gasteiger partial charge in [-0.15, -0.1) is 0 Å². The highest BCUT2D eigenvalue weighted by Crippen LogP contribution is 2.15. The molecular formula is C13H18N6. The summed E-state index contributed by atoms with van der Waals surface area (Å²) in [4.78, 5) is 12.3. The normalized spacial score (nSPS) is 11.9. The minimum absolute atomic E-state index is 0.286. The summed E-state index contributed by atoms with van der Waals surface area (Å²) in [7, 11) is 0. The van der Waals surface area contributed by atoms with Gasteiger partial charge in [0.25, 0.3) is 0 Å². The summed E-state index contributed by atoms with van der Waals surface area (Å²) in [6, 6.07) is 5.92. The summed E-state index contributed by atoms with van der Waals surface area (Å²) >= 11 is 0. The first-order chi connectivity index (χ1) is 9.28. The van der Waals surface area contributed by atoms with E-state index in [0.717, 1.165) is 23.7 Å². The van der Waals surface area contributed by atoms with Gasteiger partial charge in [-0.25, -0.2) is 9.97 Å². The Balaban J connectivity index is 2.03. The number of nitrogens with one attached hydrogen (secondary N) is 2. The highest BCUT2D eigenvalue weighted by Gasteiger charge is 2.03. The monoisotopic (exact) mass is 258 g/mol. The molecule has 1 unspecified atom stereocenters. The highest BCUT2D eigenvalue weighted by molar-refractivity contribution is 5.58. The lowest BCUT2D eigenvalue weighted by Gasteiger charge is -2.13. The van der Waals surface area contributed by atoms with E-state index in [1.54, 1.807) is 12.4 Å². The van der Waals surface area contributed by atoms with Crippen LogP contribution < -0.4 is 16.4 Å². The van der Waals surface area contributed by atoms with Crippen molar-refractivity contribution in [2.75, 3.05) is 17.2 Å². The Morgan fingerprint density at radius 1 is 1.21 bits per heavy atom. The van der Waals surface area contributed by atoms with Crippen LogP contribution in [0.15, 0.2) is 36.9 Å². The van der Waals surface area contributed by atoms with Crippen LogP contribution in [0.25, 0.3) is 0 Å². The Labute approximate surface area is 112 Å². The van der Waals surface area contributed by atoms with Gasteiger partial charge in [0.1, 0.15) is 18.0 Å². The summed E-state index contributed by atoms with van der Waals surface area (Å²) in [6.45, 7) is 2.73. The van der Waals surface area contributed by atoms with Gasteiger partial charge < -0.3 is 16.4 Å². The second kappa shape index (κ2) is 6.65. The average molecular weight is 258 g/mol. The molecule has 4 N–H and O–H groups in total. The quantitative estimate of drug-likeness (QED) is 0.731. The molecule has 2 aromatic heterocycles. The summed E-state index contributed by atoms with van der Waals surface area (Å²) in [6.07, 6.45) is 5.89. The van der Waals surface area contributed by atoms with Crippen molar-refractivity contribution in [1.82, 2.24) is 15.0 Å². The number of aromatic nitrogens is 3. The van der Waals surface area contributed by atoms with Gasteiger partial charge >= 0.3 is 0 Å².